The first kappa shape index (κ1) is 20.5. The lowest BCUT2D eigenvalue weighted by Gasteiger charge is -2.14. The molecule has 5 nitrogen and oxygen atoms in total. The smallest absolute Gasteiger partial charge is 0.161 e. The summed E-state index contributed by atoms with van der Waals surface area (Å²) >= 11 is 0. The maximum absolute atomic E-state index is 6.11. The Labute approximate surface area is 182 Å². The number of para-hydroxylation sites is 5. The van der Waals surface area contributed by atoms with Gasteiger partial charge in [-0.05, 0) is 42.3 Å². The first-order valence-corrected chi connectivity index (χ1v) is 10.3. The summed E-state index contributed by atoms with van der Waals surface area (Å²) in [5.41, 5.74) is 3.13. The zero-order chi connectivity index (χ0) is 21.5. The number of methoxy groups -OCH3 is 1. The molecule has 4 aromatic rings. The predicted octanol–water partition coefficient (Wildman–Crippen LogP) is 5.43. The van der Waals surface area contributed by atoms with E-state index in [0.29, 0.717) is 31.3 Å². The molecule has 0 fully saturated rings. The van der Waals surface area contributed by atoms with Crippen LogP contribution in [0.1, 0.15) is 11.4 Å². The molecule has 0 radical (unpaired) electrons. The fraction of sp³-hybridized carbons (Fsp3) is 0.192. The van der Waals surface area contributed by atoms with Gasteiger partial charge in [0.25, 0.3) is 0 Å². The third kappa shape index (κ3) is 4.72. The van der Waals surface area contributed by atoms with Crippen LogP contribution in [0.3, 0.4) is 0 Å². The number of nitrogens with zero attached hydrogens (tertiary/aromatic N) is 2. The van der Waals surface area contributed by atoms with Gasteiger partial charge in [-0.3, -0.25) is 0 Å². The van der Waals surface area contributed by atoms with Crippen molar-refractivity contribution in [2.24, 2.45) is 0 Å². The molecule has 158 valence electrons. The SMILES string of the molecule is C=CCc1ccccc1OCCn1c(COc2ccccc2OC)nc2ccccc21. The van der Waals surface area contributed by atoms with Gasteiger partial charge < -0.3 is 18.8 Å². The van der Waals surface area contributed by atoms with Crippen LogP contribution in [0.5, 0.6) is 17.2 Å². The van der Waals surface area contributed by atoms with Crippen LogP contribution in [0.25, 0.3) is 11.0 Å². The maximum Gasteiger partial charge on any atom is 0.161 e. The van der Waals surface area contributed by atoms with Crippen LogP contribution >= 0.6 is 0 Å². The van der Waals surface area contributed by atoms with Crippen LogP contribution in [0.4, 0.5) is 0 Å². The van der Waals surface area contributed by atoms with Gasteiger partial charge in [0.2, 0.25) is 0 Å². The average molecular weight is 415 g/mol. The van der Waals surface area contributed by atoms with Gasteiger partial charge in [-0.2, -0.15) is 0 Å². The third-order valence-electron chi connectivity index (χ3n) is 5.07. The zero-order valence-corrected chi connectivity index (χ0v) is 17.7. The van der Waals surface area contributed by atoms with Crippen LogP contribution in [0.15, 0.2) is 85.5 Å². The minimum absolute atomic E-state index is 0.335. The summed E-state index contributed by atoms with van der Waals surface area (Å²) in [5.74, 6) is 3.12. The molecule has 1 heterocycles. The molecule has 0 N–H and O–H groups in total. The van der Waals surface area contributed by atoms with E-state index >= 15 is 0 Å². The number of allylic oxidation sites excluding steroid dienone is 1. The fourth-order valence-electron chi connectivity index (χ4n) is 3.58. The first-order chi connectivity index (χ1) is 15.3. The van der Waals surface area contributed by atoms with E-state index in [1.165, 1.54) is 0 Å². The van der Waals surface area contributed by atoms with Crippen LogP contribution < -0.4 is 14.2 Å². The van der Waals surface area contributed by atoms with Crippen LogP contribution in [0, 0.1) is 0 Å². The molecular weight excluding hydrogens is 388 g/mol. The van der Waals surface area contributed by atoms with Gasteiger partial charge in [0, 0.05) is 0 Å². The van der Waals surface area contributed by atoms with Gasteiger partial charge in [-0.25, -0.2) is 4.98 Å². The summed E-state index contributed by atoms with van der Waals surface area (Å²) in [6.07, 6.45) is 2.67. The lowest BCUT2D eigenvalue weighted by atomic mass is 10.1. The summed E-state index contributed by atoms with van der Waals surface area (Å²) in [6.45, 7) is 5.35. The highest BCUT2D eigenvalue weighted by Gasteiger charge is 2.13. The lowest BCUT2D eigenvalue weighted by Crippen LogP contribution is -2.13. The average Bonchev–Trinajstić information content (AvgIpc) is 3.16. The molecule has 0 bridgehead atoms. The van der Waals surface area contributed by atoms with E-state index in [-0.39, 0.29) is 0 Å². The molecule has 0 aliphatic rings. The Hall–Kier alpha value is -3.73. The van der Waals surface area contributed by atoms with Crippen molar-refractivity contribution in [2.75, 3.05) is 13.7 Å². The lowest BCUT2D eigenvalue weighted by molar-refractivity contribution is 0.261. The Balaban J connectivity index is 1.52. The molecule has 0 atom stereocenters. The fourth-order valence-corrected chi connectivity index (χ4v) is 3.58. The topological polar surface area (TPSA) is 45.5 Å². The minimum Gasteiger partial charge on any atom is -0.493 e. The quantitative estimate of drug-likeness (QED) is 0.325. The number of hydrogen-bond acceptors (Lipinski definition) is 4. The van der Waals surface area contributed by atoms with Gasteiger partial charge in [0.1, 0.15) is 24.8 Å². The molecule has 31 heavy (non-hydrogen) atoms. The van der Waals surface area contributed by atoms with E-state index in [2.05, 4.69) is 23.3 Å². The van der Waals surface area contributed by atoms with Crippen molar-refractivity contribution in [2.45, 2.75) is 19.6 Å². The van der Waals surface area contributed by atoms with Crippen molar-refractivity contribution < 1.29 is 14.2 Å². The van der Waals surface area contributed by atoms with Crippen molar-refractivity contribution in [3.63, 3.8) is 0 Å². The maximum atomic E-state index is 6.11. The van der Waals surface area contributed by atoms with E-state index in [1.54, 1.807) is 7.11 Å². The highest BCUT2D eigenvalue weighted by molar-refractivity contribution is 5.75. The summed E-state index contributed by atoms with van der Waals surface area (Å²) < 4.78 is 19.7. The number of benzene rings is 3. The van der Waals surface area contributed by atoms with Gasteiger partial charge in [0.05, 0.1) is 24.7 Å². The van der Waals surface area contributed by atoms with Crippen molar-refractivity contribution in [1.29, 1.82) is 0 Å². The molecule has 5 heteroatoms. The summed E-state index contributed by atoms with van der Waals surface area (Å²) in [5, 5.41) is 0. The van der Waals surface area contributed by atoms with E-state index in [4.69, 9.17) is 19.2 Å². The van der Waals surface area contributed by atoms with E-state index in [9.17, 15) is 0 Å². The largest absolute Gasteiger partial charge is 0.493 e. The summed E-state index contributed by atoms with van der Waals surface area (Å²) in [4.78, 5) is 4.78. The van der Waals surface area contributed by atoms with Crippen LogP contribution in [-0.2, 0) is 19.6 Å². The van der Waals surface area contributed by atoms with Gasteiger partial charge >= 0.3 is 0 Å². The van der Waals surface area contributed by atoms with Gasteiger partial charge in [0.15, 0.2) is 11.5 Å². The molecule has 4 rings (SSSR count). The van der Waals surface area contributed by atoms with Crippen molar-refractivity contribution in [3.05, 3.63) is 96.8 Å². The molecule has 0 aliphatic heterocycles. The normalized spacial score (nSPS) is 10.7. The number of ether oxygens (including phenoxy) is 3. The minimum atomic E-state index is 0.335. The van der Waals surface area contributed by atoms with Crippen molar-refractivity contribution >= 4 is 11.0 Å². The molecule has 0 saturated heterocycles. The second kappa shape index (κ2) is 9.85. The van der Waals surface area contributed by atoms with Gasteiger partial charge in [-0.1, -0.05) is 48.5 Å². The number of aromatic nitrogens is 2. The number of fused-ring (bicyclic) bond motifs is 1. The highest BCUT2D eigenvalue weighted by atomic mass is 16.5. The summed E-state index contributed by atoms with van der Waals surface area (Å²) in [6, 6.07) is 23.8. The third-order valence-corrected chi connectivity index (χ3v) is 5.07. The second-order valence-electron chi connectivity index (χ2n) is 7.06. The molecule has 3 aromatic carbocycles. The van der Waals surface area contributed by atoms with Gasteiger partial charge in [-0.15, -0.1) is 6.58 Å². The van der Waals surface area contributed by atoms with Crippen molar-refractivity contribution in [3.8, 4) is 17.2 Å². The second-order valence-corrected chi connectivity index (χ2v) is 7.06. The number of imidazole rings is 1. The predicted molar refractivity (Wildman–Crippen MR) is 123 cm³/mol. The molecule has 0 spiro atoms. The zero-order valence-electron chi connectivity index (χ0n) is 17.7. The Morgan fingerprint density at radius 3 is 2.39 bits per heavy atom. The molecule has 0 amide bonds. The van der Waals surface area contributed by atoms with E-state index < -0.39 is 0 Å². The Bertz CT molecular complexity index is 1170. The molecule has 0 saturated carbocycles. The molecular formula is C26H26N2O3. The standard InChI is InChI=1S/C26H26N2O3/c1-3-10-20-11-4-7-14-23(20)30-18-17-28-22-13-6-5-12-21(22)27-26(28)19-31-25-16-9-8-15-24(25)29-2/h3-9,11-16H,1,10,17-19H2,2H3. The monoisotopic (exact) mass is 414 g/mol. The highest BCUT2D eigenvalue weighted by Crippen LogP contribution is 2.27. The van der Waals surface area contributed by atoms with Crippen LogP contribution in [-0.4, -0.2) is 23.3 Å². The van der Waals surface area contributed by atoms with Crippen molar-refractivity contribution in [1.82, 2.24) is 9.55 Å². The Kier molecular flexibility index (Phi) is 6.53. The molecule has 0 unspecified atom stereocenters. The van der Waals surface area contributed by atoms with Crippen LogP contribution in [0.2, 0.25) is 0 Å². The molecule has 0 aliphatic carbocycles. The number of hydrogen-bond donors (Lipinski definition) is 0. The molecule has 1 aromatic heterocycles. The summed E-state index contributed by atoms with van der Waals surface area (Å²) in [7, 11) is 1.64. The first-order valence-electron chi connectivity index (χ1n) is 10.3. The van der Waals surface area contributed by atoms with E-state index in [1.807, 2.05) is 66.7 Å². The Morgan fingerprint density at radius 1 is 0.871 bits per heavy atom. The van der Waals surface area contributed by atoms with E-state index in [0.717, 1.165) is 34.6 Å². The Morgan fingerprint density at radius 2 is 1.58 bits per heavy atom. The number of rotatable bonds is 10.